The second-order valence-corrected chi connectivity index (χ2v) is 6.22. The lowest BCUT2D eigenvalue weighted by Gasteiger charge is -2.45. The molecule has 0 N–H and O–H groups in total. The zero-order valence-electron chi connectivity index (χ0n) is 11.4. The van der Waals surface area contributed by atoms with Gasteiger partial charge in [-0.3, -0.25) is 10.1 Å². The maximum atomic E-state index is 11.3. The van der Waals surface area contributed by atoms with E-state index in [1.807, 2.05) is 12.1 Å². The minimum absolute atomic E-state index is 0.0698. The van der Waals surface area contributed by atoms with Crippen molar-refractivity contribution in [2.45, 2.75) is 44.6 Å². The van der Waals surface area contributed by atoms with Gasteiger partial charge in [-0.2, -0.15) is 0 Å². The van der Waals surface area contributed by atoms with Crippen LogP contribution in [0.3, 0.4) is 0 Å². The Bertz CT molecular complexity index is 519. The number of nitrogens with zero attached hydrogens (tertiary/aromatic N) is 2. The molecule has 2 aliphatic rings. The van der Waals surface area contributed by atoms with Crippen LogP contribution in [0.5, 0.6) is 0 Å². The molecule has 0 aromatic heterocycles. The lowest BCUT2D eigenvalue weighted by atomic mass is 9.78. The predicted molar refractivity (Wildman–Crippen MR) is 80.4 cm³/mol. The largest absolute Gasteiger partial charge is 0.363 e. The van der Waals surface area contributed by atoms with Crippen LogP contribution in [0.15, 0.2) is 18.2 Å². The number of nitro groups is 1. The molecule has 0 amide bonds. The van der Waals surface area contributed by atoms with Gasteiger partial charge in [-0.1, -0.05) is 30.5 Å². The molecule has 5 heteroatoms. The molecule has 1 heterocycles. The molecule has 2 fully saturated rings. The first-order valence-electron chi connectivity index (χ1n) is 7.38. The van der Waals surface area contributed by atoms with E-state index >= 15 is 0 Å². The Morgan fingerprint density at radius 2 is 1.95 bits per heavy atom. The van der Waals surface area contributed by atoms with Gasteiger partial charge in [-0.15, -0.1) is 0 Å². The van der Waals surface area contributed by atoms with Crippen molar-refractivity contribution in [3.63, 3.8) is 0 Å². The van der Waals surface area contributed by atoms with Gasteiger partial charge in [0, 0.05) is 12.6 Å². The highest BCUT2D eigenvalue weighted by atomic mass is 35.5. The first-order chi connectivity index (χ1) is 9.68. The topological polar surface area (TPSA) is 46.4 Å². The molecule has 1 saturated heterocycles. The fourth-order valence-electron chi connectivity index (χ4n) is 3.84. The molecule has 108 valence electrons. The molecule has 1 aromatic carbocycles. The predicted octanol–water partition coefficient (Wildman–Crippen LogP) is 4.41. The van der Waals surface area contributed by atoms with E-state index in [1.165, 1.54) is 25.7 Å². The summed E-state index contributed by atoms with van der Waals surface area (Å²) in [4.78, 5) is 13.2. The van der Waals surface area contributed by atoms with Crippen LogP contribution in [0.25, 0.3) is 0 Å². The summed E-state index contributed by atoms with van der Waals surface area (Å²) in [6, 6.07) is 5.72. The Morgan fingerprint density at radius 3 is 2.75 bits per heavy atom. The van der Waals surface area contributed by atoms with Gasteiger partial charge in [-0.05, 0) is 43.7 Å². The van der Waals surface area contributed by atoms with Gasteiger partial charge in [0.2, 0.25) is 0 Å². The van der Waals surface area contributed by atoms with Crippen molar-refractivity contribution >= 4 is 23.0 Å². The maximum Gasteiger partial charge on any atom is 0.310 e. The molecular formula is C15H19ClN2O2. The minimum atomic E-state index is -0.343. The van der Waals surface area contributed by atoms with Crippen molar-refractivity contribution in [1.29, 1.82) is 0 Å². The molecule has 0 radical (unpaired) electrons. The van der Waals surface area contributed by atoms with Crippen molar-refractivity contribution in [2.75, 3.05) is 11.4 Å². The second kappa shape index (κ2) is 5.60. The number of fused-ring (bicyclic) bond motifs is 1. The van der Waals surface area contributed by atoms with E-state index in [-0.39, 0.29) is 15.6 Å². The highest BCUT2D eigenvalue weighted by molar-refractivity contribution is 6.33. The SMILES string of the molecule is O=[N+]([O-])c1c(Cl)cccc1N1CCCC2CCCCC21. The molecule has 2 unspecified atom stereocenters. The van der Waals surface area contributed by atoms with Gasteiger partial charge in [0.25, 0.3) is 0 Å². The van der Waals surface area contributed by atoms with Gasteiger partial charge >= 0.3 is 5.69 Å². The zero-order valence-corrected chi connectivity index (χ0v) is 12.2. The number of hydrogen-bond donors (Lipinski definition) is 0. The first-order valence-corrected chi connectivity index (χ1v) is 7.76. The van der Waals surface area contributed by atoms with E-state index in [9.17, 15) is 10.1 Å². The number of piperidine rings is 1. The summed E-state index contributed by atoms with van der Waals surface area (Å²) in [5.74, 6) is 0.691. The van der Waals surface area contributed by atoms with E-state index in [2.05, 4.69) is 4.90 Å². The molecule has 2 atom stereocenters. The third-order valence-corrected chi connectivity index (χ3v) is 5.01. The average Bonchev–Trinajstić information content (AvgIpc) is 2.46. The Kier molecular flexibility index (Phi) is 3.83. The Labute approximate surface area is 123 Å². The van der Waals surface area contributed by atoms with Gasteiger partial charge in [0.15, 0.2) is 0 Å². The summed E-state index contributed by atoms with van der Waals surface area (Å²) >= 11 is 6.05. The summed E-state index contributed by atoms with van der Waals surface area (Å²) in [6.07, 6.45) is 7.31. The van der Waals surface area contributed by atoms with Gasteiger partial charge < -0.3 is 4.90 Å². The zero-order chi connectivity index (χ0) is 14.1. The lowest BCUT2D eigenvalue weighted by Crippen LogP contribution is -2.47. The van der Waals surface area contributed by atoms with Crippen LogP contribution < -0.4 is 4.90 Å². The fraction of sp³-hybridized carbons (Fsp3) is 0.600. The van der Waals surface area contributed by atoms with E-state index < -0.39 is 0 Å². The van der Waals surface area contributed by atoms with Crippen molar-refractivity contribution in [3.05, 3.63) is 33.3 Å². The third kappa shape index (κ3) is 2.37. The highest BCUT2D eigenvalue weighted by Crippen LogP contribution is 2.42. The normalized spacial score (nSPS) is 26.1. The van der Waals surface area contributed by atoms with E-state index in [4.69, 9.17) is 11.6 Å². The maximum absolute atomic E-state index is 11.3. The molecule has 20 heavy (non-hydrogen) atoms. The molecule has 0 bridgehead atoms. The average molecular weight is 295 g/mol. The number of hydrogen-bond acceptors (Lipinski definition) is 3. The smallest absolute Gasteiger partial charge is 0.310 e. The molecule has 0 spiro atoms. The number of anilines is 1. The standard InChI is InChI=1S/C15H19ClN2O2/c16-12-7-3-9-14(15(12)18(19)20)17-10-4-6-11-5-1-2-8-13(11)17/h3,7,9,11,13H,1-2,4-6,8,10H2. The third-order valence-electron chi connectivity index (χ3n) is 4.70. The number of benzene rings is 1. The van der Waals surface area contributed by atoms with Crippen molar-refractivity contribution < 1.29 is 4.92 Å². The van der Waals surface area contributed by atoms with Crippen LogP contribution in [-0.2, 0) is 0 Å². The van der Waals surface area contributed by atoms with Gasteiger partial charge in [-0.25, -0.2) is 0 Å². The molecule has 3 rings (SSSR count). The molecule has 1 saturated carbocycles. The molecule has 1 aromatic rings. The molecule has 4 nitrogen and oxygen atoms in total. The number of nitro benzene ring substituents is 1. The van der Waals surface area contributed by atoms with Crippen LogP contribution in [0.4, 0.5) is 11.4 Å². The van der Waals surface area contributed by atoms with Crippen molar-refractivity contribution in [3.8, 4) is 0 Å². The van der Waals surface area contributed by atoms with Crippen LogP contribution in [-0.4, -0.2) is 17.5 Å². The summed E-state index contributed by atoms with van der Waals surface area (Å²) in [5, 5.41) is 11.6. The van der Waals surface area contributed by atoms with E-state index in [0.29, 0.717) is 17.6 Å². The van der Waals surface area contributed by atoms with E-state index in [1.54, 1.807) is 6.07 Å². The number of para-hydroxylation sites is 1. The Hall–Kier alpha value is -1.29. The Morgan fingerprint density at radius 1 is 1.20 bits per heavy atom. The molecule has 1 aliphatic heterocycles. The van der Waals surface area contributed by atoms with Gasteiger partial charge in [0.1, 0.15) is 10.7 Å². The summed E-state index contributed by atoms with van der Waals surface area (Å²) < 4.78 is 0. The Balaban J connectivity index is 1.99. The number of rotatable bonds is 2. The summed E-state index contributed by atoms with van der Waals surface area (Å²) in [5.41, 5.74) is 0.777. The number of halogens is 1. The van der Waals surface area contributed by atoms with Crippen molar-refractivity contribution in [1.82, 2.24) is 0 Å². The van der Waals surface area contributed by atoms with E-state index in [0.717, 1.165) is 19.4 Å². The molecule has 1 aliphatic carbocycles. The fourth-order valence-corrected chi connectivity index (χ4v) is 4.08. The van der Waals surface area contributed by atoms with Crippen LogP contribution in [0, 0.1) is 16.0 Å². The lowest BCUT2D eigenvalue weighted by molar-refractivity contribution is -0.384. The summed E-state index contributed by atoms with van der Waals surface area (Å²) in [6.45, 7) is 0.905. The van der Waals surface area contributed by atoms with Crippen LogP contribution in [0.2, 0.25) is 5.02 Å². The monoisotopic (exact) mass is 294 g/mol. The summed E-state index contributed by atoms with van der Waals surface area (Å²) in [7, 11) is 0. The van der Waals surface area contributed by atoms with Gasteiger partial charge in [0.05, 0.1) is 4.92 Å². The quantitative estimate of drug-likeness (QED) is 0.599. The van der Waals surface area contributed by atoms with Crippen molar-refractivity contribution in [2.24, 2.45) is 5.92 Å². The van der Waals surface area contributed by atoms with Crippen LogP contribution in [0.1, 0.15) is 38.5 Å². The minimum Gasteiger partial charge on any atom is -0.363 e. The first kappa shape index (κ1) is 13.7. The van der Waals surface area contributed by atoms with Crippen LogP contribution >= 0.6 is 11.6 Å². The highest BCUT2D eigenvalue weighted by Gasteiger charge is 2.36. The second-order valence-electron chi connectivity index (χ2n) is 5.81. The molecular weight excluding hydrogens is 276 g/mol.